The second-order valence-electron chi connectivity index (χ2n) is 3.11. The van der Waals surface area contributed by atoms with E-state index in [-0.39, 0.29) is 4.90 Å². The Morgan fingerprint density at radius 1 is 1.39 bits per heavy atom. The average Bonchev–Trinajstić information content (AvgIpc) is 2.13. The Labute approximate surface area is 106 Å². The molecule has 0 heterocycles. The highest BCUT2D eigenvalue weighted by Crippen LogP contribution is 2.35. The Kier molecular flexibility index (Phi) is 4.51. The molecule has 0 bridgehead atoms. The van der Waals surface area contributed by atoms with Crippen LogP contribution in [0, 0.1) is 0 Å². The van der Waals surface area contributed by atoms with Crippen molar-refractivity contribution in [1.82, 2.24) is 0 Å². The van der Waals surface area contributed by atoms with Crippen LogP contribution in [0.3, 0.4) is 0 Å². The molecule has 0 fully saturated rings. The highest BCUT2D eigenvalue weighted by Gasteiger charge is 2.34. The number of rotatable bonds is 4. The van der Waals surface area contributed by atoms with E-state index in [2.05, 4.69) is 4.74 Å². The van der Waals surface area contributed by atoms with Gasteiger partial charge in [0.2, 0.25) is 10.0 Å². The van der Waals surface area contributed by atoms with E-state index in [1.807, 2.05) is 0 Å². The zero-order chi connectivity index (χ0) is 14.0. The van der Waals surface area contributed by atoms with Crippen LogP contribution in [-0.2, 0) is 10.0 Å². The van der Waals surface area contributed by atoms with Gasteiger partial charge in [0.15, 0.2) is 5.75 Å². The number of ether oxygens (including phenoxy) is 1. The van der Waals surface area contributed by atoms with E-state index in [0.29, 0.717) is 5.75 Å². The van der Waals surface area contributed by atoms with Crippen molar-refractivity contribution < 1.29 is 26.3 Å². The molecule has 0 aliphatic heterocycles. The van der Waals surface area contributed by atoms with E-state index in [0.717, 1.165) is 17.8 Å². The molecule has 0 unspecified atom stereocenters. The topological polar surface area (TPSA) is 69.4 Å². The first kappa shape index (κ1) is 15.1. The van der Waals surface area contributed by atoms with Crippen molar-refractivity contribution in [3.05, 3.63) is 18.2 Å². The number of sulfonamides is 1. The van der Waals surface area contributed by atoms with Crippen LogP contribution in [0.25, 0.3) is 0 Å². The molecule has 0 saturated heterocycles. The van der Waals surface area contributed by atoms with Gasteiger partial charge < -0.3 is 4.74 Å². The van der Waals surface area contributed by atoms with Crippen LogP contribution in [0.2, 0.25) is 0 Å². The molecule has 0 aliphatic carbocycles. The van der Waals surface area contributed by atoms with Crippen molar-refractivity contribution >= 4 is 21.8 Å². The summed E-state index contributed by atoms with van der Waals surface area (Å²) in [5.41, 5.74) is 0. The highest BCUT2D eigenvalue weighted by molar-refractivity contribution is 8.00. The largest absolute Gasteiger partial charge is 0.573 e. The van der Waals surface area contributed by atoms with Crippen LogP contribution in [-0.4, -0.2) is 20.5 Å². The Hall–Kier alpha value is -0.930. The van der Waals surface area contributed by atoms with Crippen LogP contribution in [0.15, 0.2) is 28.0 Å². The minimum Gasteiger partial charge on any atom is -0.404 e. The van der Waals surface area contributed by atoms with E-state index >= 15 is 0 Å². The third-order valence-electron chi connectivity index (χ3n) is 1.75. The average molecular weight is 301 g/mol. The van der Waals surface area contributed by atoms with Gasteiger partial charge in [-0.1, -0.05) is 13.0 Å². The molecule has 0 aromatic heterocycles. The molecule has 0 aliphatic rings. The SMILES string of the molecule is CCSc1cccc(OC(F)(F)F)c1S(N)(=O)=O. The fourth-order valence-electron chi connectivity index (χ4n) is 1.25. The fraction of sp³-hybridized carbons (Fsp3) is 0.333. The standard InChI is InChI=1S/C9H10F3NO3S2/c1-2-17-7-5-3-4-6(16-9(10,11)12)8(7)18(13,14)15/h3-5H,2H2,1H3,(H2,13,14,15). The summed E-state index contributed by atoms with van der Waals surface area (Å²) >= 11 is 1.06. The lowest BCUT2D eigenvalue weighted by molar-refractivity contribution is -0.275. The number of thioether (sulfide) groups is 1. The van der Waals surface area contributed by atoms with E-state index in [1.165, 1.54) is 12.1 Å². The van der Waals surface area contributed by atoms with Gasteiger partial charge in [-0.25, -0.2) is 13.6 Å². The molecule has 0 saturated carbocycles. The first-order valence-electron chi connectivity index (χ1n) is 4.69. The maximum atomic E-state index is 12.2. The van der Waals surface area contributed by atoms with Crippen molar-refractivity contribution in [2.45, 2.75) is 23.1 Å². The molecule has 0 spiro atoms. The molecule has 2 N–H and O–H groups in total. The molecule has 4 nitrogen and oxygen atoms in total. The van der Waals surface area contributed by atoms with Crippen LogP contribution < -0.4 is 9.88 Å². The van der Waals surface area contributed by atoms with Gasteiger partial charge in [0.05, 0.1) is 0 Å². The summed E-state index contributed by atoms with van der Waals surface area (Å²) in [6.07, 6.45) is -4.98. The number of hydrogen-bond donors (Lipinski definition) is 1. The molecule has 102 valence electrons. The van der Waals surface area contributed by atoms with E-state index < -0.39 is 27.0 Å². The molecule has 9 heteroatoms. The first-order valence-corrected chi connectivity index (χ1v) is 7.22. The van der Waals surface area contributed by atoms with Gasteiger partial charge >= 0.3 is 6.36 Å². The molecule has 0 atom stereocenters. The van der Waals surface area contributed by atoms with Crippen molar-refractivity contribution in [3.63, 3.8) is 0 Å². The third kappa shape index (κ3) is 4.07. The molecule has 0 radical (unpaired) electrons. The normalized spacial score (nSPS) is 12.5. The minimum absolute atomic E-state index is 0.127. The smallest absolute Gasteiger partial charge is 0.404 e. The predicted octanol–water partition coefficient (Wildman–Crippen LogP) is 2.34. The monoisotopic (exact) mass is 301 g/mol. The van der Waals surface area contributed by atoms with Crippen molar-refractivity contribution in [3.8, 4) is 5.75 Å². The summed E-state index contributed by atoms with van der Waals surface area (Å²) in [5, 5.41) is 4.92. The van der Waals surface area contributed by atoms with Crippen molar-refractivity contribution in [2.75, 3.05) is 5.75 Å². The number of benzene rings is 1. The minimum atomic E-state index is -4.98. The van der Waals surface area contributed by atoms with E-state index in [9.17, 15) is 21.6 Å². The fourth-order valence-corrected chi connectivity index (χ4v) is 3.23. The molecular weight excluding hydrogens is 291 g/mol. The summed E-state index contributed by atoms with van der Waals surface area (Å²) in [6.45, 7) is 1.73. The lowest BCUT2D eigenvalue weighted by Gasteiger charge is -2.14. The van der Waals surface area contributed by atoms with Gasteiger partial charge in [0.25, 0.3) is 0 Å². The second-order valence-corrected chi connectivity index (χ2v) is 5.91. The third-order valence-corrected chi connectivity index (χ3v) is 3.81. The molecule has 1 rings (SSSR count). The predicted molar refractivity (Wildman–Crippen MR) is 60.9 cm³/mol. The van der Waals surface area contributed by atoms with Crippen LogP contribution in [0.4, 0.5) is 13.2 Å². The van der Waals surface area contributed by atoms with Crippen LogP contribution in [0.1, 0.15) is 6.92 Å². The molecule has 1 aromatic rings. The maximum Gasteiger partial charge on any atom is 0.573 e. The second kappa shape index (κ2) is 5.37. The Morgan fingerprint density at radius 3 is 2.44 bits per heavy atom. The van der Waals surface area contributed by atoms with Crippen LogP contribution in [0.5, 0.6) is 5.75 Å². The summed E-state index contributed by atoms with van der Waals surface area (Å²) < 4.78 is 62.9. The lowest BCUT2D eigenvalue weighted by Crippen LogP contribution is -2.21. The summed E-state index contributed by atoms with van der Waals surface area (Å²) in [6, 6.07) is 3.55. The molecular formula is C9H10F3NO3S2. The van der Waals surface area contributed by atoms with Gasteiger partial charge in [-0.3, -0.25) is 0 Å². The van der Waals surface area contributed by atoms with Gasteiger partial charge in [-0.2, -0.15) is 0 Å². The number of nitrogens with two attached hydrogens (primary N) is 1. The quantitative estimate of drug-likeness (QED) is 0.867. The zero-order valence-corrected chi connectivity index (χ0v) is 10.8. The van der Waals surface area contributed by atoms with E-state index in [4.69, 9.17) is 5.14 Å². The maximum absolute atomic E-state index is 12.2. The number of alkyl halides is 3. The van der Waals surface area contributed by atoms with Crippen molar-refractivity contribution in [1.29, 1.82) is 0 Å². The van der Waals surface area contributed by atoms with Gasteiger partial charge in [-0.15, -0.1) is 24.9 Å². The molecule has 0 amide bonds. The number of primary sulfonamides is 1. The van der Waals surface area contributed by atoms with Gasteiger partial charge in [0, 0.05) is 4.90 Å². The molecule has 1 aromatic carbocycles. The van der Waals surface area contributed by atoms with Crippen LogP contribution >= 0.6 is 11.8 Å². The summed E-state index contributed by atoms with van der Waals surface area (Å²) in [5.74, 6) is -0.332. The zero-order valence-electron chi connectivity index (χ0n) is 9.19. The summed E-state index contributed by atoms with van der Waals surface area (Å²) in [7, 11) is -4.30. The van der Waals surface area contributed by atoms with Gasteiger partial charge in [-0.05, 0) is 17.9 Å². The lowest BCUT2D eigenvalue weighted by atomic mass is 10.3. The first-order chi connectivity index (χ1) is 8.15. The Balaban J connectivity index is 3.38. The Bertz CT molecular complexity index is 528. The summed E-state index contributed by atoms with van der Waals surface area (Å²) in [4.78, 5) is -0.518. The highest BCUT2D eigenvalue weighted by atomic mass is 32.2. The number of hydrogen-bond acceptors (Lipinski definition) is 4. The number of halogens is 3. The molecule has 18 heavy (non-hydrogen) atoms. The van der Waals surface area contributed by atoms with Crippen molar-refractivity contribution in [2.24, 2.45) is 5.14 Å². The van der Waals surface area contributed by atoms with Gasteiger partial charge in [0.1, 0.15) is 4.90 Å². The Morgan fingerprint density at radius 2 is 2.00 bits per heavy atom. The van der Waals surface area contributed by atoms with E-state index in [1.54, 1.807) is 6.92 Å².